The highest BCUT2D eigenvalue weighted by Gasteiger charge is 2.45. The van der Waals surface area contributed by atoms with Crippen molar-refractivity contribution in [3.05, 3.63) is 59.7 Å². The first-order valence-corrected chi connectivity index (χ1v) is 13.4. The molecule has 2 aromatic rings. The van der Waals surface area contributed by atoms with Crippen molar-refractivity contribution in [1.29, 1.82) is 0 Å². The summed E-state index contributed by atoms with van der Waals surface area (Å²) in [6.07, 6.45) is 0.561. The SMILES string of the molecule is CC(C)(C)OC(=O)N1C[C@@H](C(=O)O)[C@H](C2CCN(C(=O)OCC3c4ccccc4-c4ccccc43)CC2)C1. The third-order valence-corrected chi connectivity index (χ3v) is 8.07. The Morgan fingerprint density at radius 1 is 0.868 bits per heavy atom. The van der Waals surface area contributed by atoms with E-state index in [0.717, 1.165) is 0 Å². The zero-order valence-electron chi connectivity index (χ0n) is 22.3. The predicted octanol–water partition coefficient (Wildman–Crippen LogP) is 5.22. The molecule has 202 valence electrons. The van der Waals surface area contributed by atoms with Crippen molar-refractivity contribution in [2.45, 2.75) is 45.1 Å². The molecule has 2 aromatic carbocycles. The standard InChI is InChI=1S/C30H36N2O6/c1-30(2,3)38-29(36)32-16-24(25(17-32)27(33)34)19-12-14-31(15-13-19)28(35)37-18-26-22-10-6-4-8-20(22)21-9-5-7-11-23(21)26/h4-11,19,24-26H,12-18H2,1-3H3,(H,33,34)/t24-,25+/m0/s1. The monoisotopic (exact) mass is 520 g/mol. The van der Waals surface area contributed by atoms with E-state index in [1.54, 1.807) is 25.7 Å². The van der Waals surface area contributed by atoms with Gasteiger partial charge < -0.3 is 24.4 Å². The summed E-state index contributed by atoms with van der Waals surface area (Å²) in [5.74, 6) is -1.56. The highest BCUT2D eigenvalue weighted by Crippen LogP contribution is 2.44. The van der Waals surface area contributed by atoms with Gasteiger partial charge in [-0.05, 0) is 67.7 Å². The Hall–Kier alpha value is -3.55. The van der Waals surface area contributed by atoms with Crippen LogP contribution in [0.1, 0.15) is 50.7 Å². The molecule has 0 unspecified atom stereocenters. The first kappa shape index (κ1) is 26.1. The number of hydrogen-bond donors (Lipinski definition) is 1. The largest absolute Gasteiger partial charge is 0.481 e. The van der Waals surface area contributed by atoms with Crippen LogP contribution in [-0.2, 0) is 14.3 Å². The van der Waals surface area contributed by atoms with Gasteiger partial charge in [0.05, 0.1) is 5.92 Å². The van der Waals surface area contributed by atoms with Gasteiger partial charge in [0.2, 0.25) is 0 Å². The number of hydrogen-bond acceptors (Lipinski definition) is 5. The number of fused-ring (bicyclic) bond motifs is 3. The van der Waals surface area contributed by atoms with Crippen LogP contribution in [0, 0.1) is 17.8 Å². The first-order valence-electron chi connectivity index (χ1n) is 13.4. The van der Waals surface area contributed by atoms with E-state index in [1.807, 2.05) is 24.3 Å². The molecule has 0 aromatic heterocycles. The number of carbonyl (C=O) groups excluding carboxylic acids is 2. The van der Waals surface area contributed by atoms with E-state index in [0.29, 0.717) is 32.5 Å². The van der Waals surface area contributed by atoms with E-state index in [-0.39, 0.29) is 37.0 Å². The second-order valence-electron chi connectivity index (χ2n) is 11.6. The zero-order chi connectivity index (χ0) is 27.0. The summed E-state index contributed by atoms with van der Waals surface area (Å²) in [4.78, 5) is 40.8. The molecular weight excluding hydrogens is 484 g/mol. The molecule has 8 heteroatoms. The Labute approximate surface area is 223 Å². The molecule has 2 fully saturated rings. The van der Waals surface area contributed by atoms with Crippen LogP contribution in [0.15, 0.2) is 48.5 Å². The second kappa shape index (κ2) is 10.3. The van der Waals surface area contributed by atoms with Gasteiger partial charge in [0.15, 0.2) is 0 Å². The van der Waals surface area contributed by atoms with E-state index >= 15 is 0 Å². The van der Waals surface area contributed by atoms with Gasteiger partial charge in [-0.2, -0.15) is 0 Å². The smallest absolute Gasteiger partial charge is 0.410 e. The third kappa shape index (κ3) is 5.22. The number of likely N-dealkylation sites (tertiary alicyclic amines) is 2. The number of rotatable bonds is 4. The van der Waals surface area contributed by atoms with Gasteiger partial charge in [-0.15, -0.1) is 0 Å². The lowest BCUT2D eigenvalue weighted by atomic mass is 9.78. The van der Waals surface area contributed by atoms with Crippen LogP contribution in [0.5, 0.6) is 0 Å². The number of aliphatic carboxylic acids is 1. The molecule has 1 aliphatic carbocycles. The van der Waals surface area contributed by atoms with Crippen molar-refractivity contribution in [3.8, 4) is 11.1 Å². The minimum absolute atomic E-state index is 0.0116. The fourth-order valence-corrected chi connectivity index (χ4v) is 6.24. The van der Waals surface area contributed by atoms with E-state index in [1.165, 1.54) is 27.2 Å². The van der Waals surface area contributed by atoms with Crippen molar-refractivity contribution < 1.29 is 29.0 Å². The van der Waals surface area contributed by atoms with Crippen LogP contribution < -0.4 is 0 Å². The maximum Gasteiger partial charge on any atom is 0.410 e. The van der Waals surface area contributed by atoms with E-state index in [2.05, 4.69) is 24.3 Å². The summed E-state index contributed by atoms with van der Waals surface area (Å²) in [5, 5.41) is 9.84. The second-order valence-corrected chi connectivity index (χ2v) is 11.6. The Balaban J connectivity index is 1.17. The van der Waals surface area contributed by atoms with E-state index in [9.17, 15) is 19.5 Å². The van der Waals surface area contributed by atoms with Gasteiger partial charge in [-0.1, -0.05) is 48.5 Å². The number of nitrogens with zero attached hydrogens (tertiary/aromatic N) is 2. The van der Waals surface area contributed by atoms with Crippen LogP contribution in [0.25, 0.3) is 11.1 Å². The fourth-order valence-electron chi connectivity index (χ4n) is 6.24. The number of carboxylic acid groups (broad SMARTS) is 1. The lowest BCUT2D eigenvalue weighted by Crippen LogP contribution is -2.42. The molecule has 5 rings (SSSR count). The van der Waals surface area contributed by atoms with Crippen LogP contribution in [0.2, 0.25) is 0 Å². The quantitative estimate of drug-likeness (QED) is 0.594. The van der Waals surface area contributed by atoms with Crippen LogP contribution in [0.4, 0.5) is 9.59 Å². The van der Waals surface area contributed by atoms with Crippen molar-refractivity contribution in [3.63, 3.8) is 0 Å². The number of piperidine rings is 1. The molecule has 2 aliphatic heterocycles. The van der Waals surface area contributed by atoms with Gasteiger partial charge in [0, 0.05) is 32.1 Å². The van der Waals surface area contributed by atoms with Gasteiger partial charge in [0.25, 0.3) is 0 Å². The summed E-state index contributed by atoms with van der Waals surface area (Å²) >= 11 is 0. The minimum atomic E-state index is -0.889. The summed E-state index contributed by atoms with van der Waals surface area (Å²) in [6, 6.07) is 16.5. The zero-order valence-corrected chi connectivity index (χ0v) is 22.3. The molecule has 0 spiro atoms. The maximum atomic E-state index is 13.0. The first-order chi connectivity index (χ1) is 18.1. The number of benzene rings is 2. The molecule has 0 radical (unpaired) electrons. The fraction of sp³-hybridized carbons (Fsp3) is 0.500. The van der Waals surface area contributed by atoms with E-state index < -0.39 is 23.6 Å². The van der Waals surface area contributed by atoms with Gasteiger partial charge in [0.1, 0.15) is 12.2 Å². The lowest BCUT2D eigenvalue weighted by molar-refractivity contribution is -0.143. The molecule has 2 heterocycles. The van der Waals surface area contributed by atoms with E-state index in [4.69, 9.17) is 9.47 Å². The predicted molar refractivity (Wildman–Crippen MR) is 142 cm³/mol. The van der Waals surface area contributed by atoms with Gasteiger partial charge in [-0.3, -0.25) is 4.79 Å². The summed E-state index contributed by atoms with van der Waals surface area (Å²) in [7, 11) is 0. The van der Waals surface area contributed by atoms with Crippen molar-refractivity contribution in [2.75, 3.05) is 32.8 Å². The van der Waals surface area contributed by atoms with Crippen LogP contribution >= 0.6 is 0 Å². The number of ether oxygens (including phenoxy) is 2. The highest BCUT2D eigenvalue weighted by atomic mass is 16.6. The van der Waals surface area contributed by atoms with Crippen LogP contribution in [-0.4, -0.2) is 71.4 Å². The van der Waals surface area contributed by atoms with Crippen molar-refractivity contribution in [1.82, 2.24) is 9.80 Å². The Morgan fingerprint density at radius 3 is 2.00 bits per heavy atom. The molecule has 3 aliphatic rings. The average molecular weight is 521 g/mol. The minimum Gasteiger partial charge on any atom is -0.481 e. The molecule has 1 N–H and O–H groups in total. The normalized spacial score (nSPS) is 21.7. The molecule has 8 nitrogen and oxygen atoms in total. The Morgan fingerprint density at radius 2 is 1.45 bits per heavy atom. The number of amides is 2. The van der Waals surface area contributed by atoms with Crippen LogP contribution in [0.3, 0.4) is 0 Å². The topological polar surface area (TPSA) is 96.4 Å². The van der Waals surface area contributed by atoms with Gasteiger partial charge in [-0.25, -0.2) is 9.59 Å². The number of carbonyl (C=O) groups is 3. The third-order valence-electron chi connectivity index (χ3n) is 8.07. The number of carboxylic acids is 1. The molecule has 2 atom stereocenters. The van der Waals surface area contributed by atoms with Crippen molar-refractivity contribution >= 4 is 18.2 Å². The molecule has 2 amide bonds. The Kier molecular flexibility index (Phi) is 7.07. The lowest BCUT2D eigenvalue weighted by Gasteiger charge is -2.35. The molecule has 38 heavy (non-hydrogen) atoms. The molecule has 0 bridgehead atoms. The highest BCUT2D eigenvalue weighted by molar-refractivity contribution is 5.79. The molecule has 2 saturated heterocycles. The maximum absolute atomic E-state index is 13.0. The average Bonchev–Trinajstić information content (AvgIpc) is 3.47. The Bertz CT molecular complexity index is 1170. The summed E-state index contributed by atoms with van der Waals surface area (Å²) in [5.41, 5.74) is 4.10. The molecular formula is C30H36N2O6. The van der Waals surface area contributed by atoms with Crippen molar-refractivity contribution in [2.24, 2.45) is 17.8 Å². The molecule has 0 saturated carbocycles. The van der Waals surface area contributed by atoms with Gasteiger partial charge >= 0.3 is 18.2 Å². The summed E-state index contributed by atoms with van der Waals surface area (Å²) < 4.78 is 11.3. The summed E-state index contributed by atoms with van der Waals surface area (Å²) in [6.45, 7) is 7.21.